The Balaban J connectivity index is 3.24. The SMILES string of the molecule is CCOC(=O)C(=O)c1cc(C(=O)O)c(C)cc1F. The van der Waals surface area contributed by atoms with Crippen molar-refractivity contribution in [2.45, 2.75) is 13.8 Å². The van der Waals surface area contributed by atoms with E-state index in [0.717, 1.165) is 12.1 Å². The quantitative estimate of drug-likeness (QED) is 0.501. The lowest BCUT2D eigenvalue weighted by molar-refractivity contribution is -0.137. The molecule has 6 heteroatoms. The highest BCUT2D eigenvalue weighted by Gasteiger charge is 2.23. The number of esters is 1. The van der Waals surface area contributed by atoms with Crippen LogP contribution in [0.25, 0.3) is 0 Å². The predicted octanol–water partition coefficient (Wildman–Crippen LogP) is 1.58. The molecule has 0 spiro atoms. The average molecular weight is 254 g/mol. The molecule has 1 N–H and O–H groups in total. The molecular weight excluding hydrogens is 243 g/mol. The topological polar surface area (TPSA) is 80.7 Å². The van der Waals surface area contributed by atoms with E-state index in [2.05, 4.69) is 4.74 Å². The monoisotopic (exact) mass is 254 g/mol. The van der Waals surface area contributed by atoms with Gasteiger partial charge in [-0.3, -0.25) is 4.79 Å². The van der Waals surface area contributed by atoms with Crippen LogP contribution in [0.4, 0.5) is 4.39 Å². The van der Waals surface area contributed by atoms with Crippen LogP contribution >= 0.6 is 0 Å². The number of ketones is 1. The summed E-state index contributed by atoms with van der Waals surface area (Å²) in [7, 11) is 0. The van der Waals surface area contributed by atoms with Gasteiger partial charge in [0.2, 0.25) is 0 Å². The molecule has 0 saturated heterocycles. The van der Waals surface area contributed by atoms with Gasteiger partial charge in [-0.1, -0.05) is 0 Å². The number of carboxylic acids is 1. The van der Waals surface area contributed by atoms with Gasteiger partial charge in [-0.25, -0.2) is 14.0 Å². The van der Waals surface area contributed by atoms with Crippen molar-refractivity contribution in [3.05, 3.63) is 34.6 Å². The van der Waals surface area contributed by atoms with Gasteiger partial charge in [0.15, 0.2) is 0 Å². The molecule has 0 radical (unpaired) electrons. The number of hydrogen-bond acceptors (Lipinski definition) is 4. The van der Waals surface area contributed by atoms with Gasteiger partial charge in [0.1, 0.15) is 5.82 Å². The molecule has 0 atom stereocenters. The Hall–Kier alpha value is -2.24. The van der Waals surface area contributed by atoms with E-state index in [1.165, 1.54) is 13.8 Å². The number of aryl methyl sites for hydroxylation is 1. The van der Waals surface area contributed by atoms with Crippen LogP contribution in [0.2, 0.25) is 0 Å². The van der Waals surface area contributed by atoms with Gasteiger partial charge in [0, 0.05) is 0 Å². The van der Waals surface area contributed by atoms with Crippen LogP contribution in [0.5, 0.6) is 0 Å². The van der Waals surface area contributed by atoms with Crippen LogP contribution in [-0.4, -0.2) is 29.4 Å². The van der Waals surface area contributed by atoms with Crippen LogP contribution in [0, 0.1) is 12.7 Å². The summed E-state index contributed by atoms with van der Waals surface area (Å²) in [5.74, 6) is -4.66. The number of aromatic carboxylic acids is 1. The minimum atomic E-state index is -1.30. The van der Waals surface area contributed by atoms with E-state index in [9.17, 15) is 18.8 Å². The Labute approximate surface area is 102 Å². The van der Waals surface area contributed by atoms with Gasteiger partial charge >= 0.3 is 11.9 Å². The number of rotatable bonds is 4. The van der Waals surface area contributed by atoms with E-state index in [1.54, 1.807) is 0 Å². The van der Waals surface area contributed by atoms with Gasteiger partial charge in [-0.2, -0.15) is 0 Å². The Morgan fingerprint density at radius 3 is 2.39 bits per heavy atom. The van der Waals surface area contributed by atoms with E-state index in [-0.39, 0.29) is 17.7 Å². The highest BCUT2D eigenvalue weighted by Crippen LogP contribution is 2.16. The Kier molecular flexibility index (Phi) is 4.14. The van der Waals surface area contributed by atoms with Crippen molar-refractivity contribution in [1.29, 1.82) is 0 Å². The van der Waals surface area contributed by atoms with Gasteiger partial charge in [0.25, 0.3) is 5.78 Å². The molecule has 0 aliphatic rings. The number of benzene rings is 1. The zero-order valence-corrected chi connectivity index (χ0v) is 9.82. The van der Waals surface area contributed by atoms with Gasteiger partial charge in [0.05, 0.1) is 17.7 Å². The Morgan fingerprint density at radius 2 is 1.89 bits per heavy atom. The van der Waals surface area contributed by atoms with Crippen molar-refractivity contribution in [3.63, 3.8) is 0 Å². The zero-order valence-electron chi connectivity index (χ0n) is 9.82. The van der Waals surface area contributed by atoms with Crippen LogP contribution < -0.4 is 0 Å². The second-order valence-electron chi connectivity index (χ2n) is 3.50. The molecule has 0 bridgehead atoms. The zero-order chi connectivity index (χ0) is 13.9. The predicted molar refractivity (Wildman–Crippen MR) is 59.1 cm³/mol. The van der Waals surface area contributed by atoms with Crippen molar-refractivity contribution in [2.24, 2.45) is 0 Å². The lowest BCUT2D eigenvalue weighted by Crippen LogP contribution is -2.19. The fourth-order valence-corrected chi connectivity index (χ4v) is 1.38. The molecule has 0 unspecified atom stereocenters. The molecule has 0 fully saturated rings. The normalized spacial score (nSPS) is 9.94. The summed E-state index contributed by atoms with van der Waals surface area (Å²) in [6.07, 6.45) is 0. The lowest BCUT2D eigenvalue weighted by Gasteiger charge is -2.06. The van der Waals surface area contributed by atoms with Gasteiger partial charge < -0.3 is 9.84 Å². The Morgan fingerprint density at radius 1 is 1.28 bits per heavy atom. The van der Waals surface area contributed by atoms with E-state index in [4.69, 9.17) is 5.11 Å². The maximum Gasteiger partial charge on any atom is 0.379 e. The van der Waals surface area contributed by atoms with Crippen molar-refractivity contribution in [2.75, 3.05) is 6.61 Å². The number of hydrogen-bond donors (Lipinski definition) is 1. The summed E-state index contributed by atoms with van der Waals surface area (Å²) in [5, 5.41) is 8.85. The standard InChI is InChI=1S/C12H11FO5/c1-3-18-12(17)10(14)8-5-7(11(15)16)6(2)4-9(8)13/h4-5H,3H2,1-2H3,(H,15,16). The molecular formula is C12H11FO5. The van der Waals surface area contributed by atoms with Gasteiger partial charge in [-0.15, -0.1) is 0 Å². The van der Waals surface area contributed by atoms with E-state index in [1.807, 2.05) is 0 Å². The molecule has 0 saturated carbocycles. The number of Topliss-reactive ketones (excluding diaryl/α,β-unsaturated/α-hetero) is 1. The summed E-state index contributed by atoms with van der Waals surface area (Å²) >= 11 is 0. The maximum absolute atomic E-state index is 13.5. The summed E-state index contributed by atoms with van der Waals surface area (Å²) in [6, 6.07) is 1.74. The molecule has 0 heterocycles. The molecule has 0 amide bonds. The van der Waals surface area contributed by atoms with Crippen LogP contribution in [0.3, 0.4) is 0 Å². The minimum absolute atomic E-state index is 0.0240. The Bertz CT molecular complexity index is 521. The van der Waals surface area contributed by atoms with E-state index in [0.29, 0.717) is 0 Å². The second kappa shape index (κ2) is 5.39. The number of carbonyl (C=O) groups excluding carboxylic acids is 2. The van der Waals surface area contributed by atoms with Crippen LogP contribution in [0.15, 0.2) is 12.1 Å². The fourth-order valence-electron chi connectivity index (χ4n) is 1.38. The highest BCUT2D eigenvalue weighted by atomic mass is 19.1. The van der Waals surface area contributed by atoms with Crippen LogP contribution in [-0.2, 0) is 9.53 Å². The van der Waals surface area contributed by atoms with Crippen LogP contribution in [0.1, 0.15) is 33.2 Å². The first-order valence-electron chi connectivity index (χ1n) is 5.13. The summed E-state index contributed by atoms with van der Waals surface area (Å²) in [4.78, 5) is 33.6. The third-order valence-corrected chi connectivity index (χ3v) is 2.25. The number of carboxylic acid groups (broad SMARTS) is 1. The molecule has 5 nitrogen and oxygen atoms in total. The number of ether oxygens (including phenoxy) is 1. The number of halogens is 1. The molecule has 0 aromatic heterocycles. The first kappa shape index (κ1) is 13.8. The smallest absolute Gasteiger partial charge is 0.379 e. The molecule has 96 valence electrons. The largest absolute Gasteiger partial charge is 0.478 e. The molecule has 18 heavy (non-hydrogen) atoms. The van der Waals surface area contributed by atoms with E-state index >= 15 is 0 Å². The summed E-state index contributed by atoms with van der Waals surface area (Å²) < 4.78 is 18.0. The summed E-state index contributed by atoms with van der Waals surface area (Å²) in [6.45, 7) is 2.87. The van der Waals surface area contributed by atoms with Crippen molar-refractivity contribution < 1.29 is 28.6 Å². The third kappa shape index (κ3) is 2.71. The number of carbonyl (C=O) groups is 3. The molecule has 1 aromatic carbocycles. The maximum atomic E-state index is 13.5. The van der Waals surface area contributed by atoms with Crippen molar-refractivity contribution in [1.82, 2.24) is 0 Å². The van der Waals surface area contributed by atoms with Gasteiger partial charge in [-0.05, 0) is 31.5 Å². The molecule has 0 aliphatic carbocycles. The first-order chi connectivity index (χ1) is 8.38. The van der Waals surface area contributed by atoms with Crippen molar-refractivity contribution in [3.8, 4) is 0 Å². The first-order valence-corrected chi connectivity index (χ1v) is 5.13. The second-order valence-corrected chi connectivity index (χ2v) is 3.50. The third-order valence-electron chi connectivity index (χ3n) is 2.25. The minimum Gasteiger partial charge on any atom is -0.478 e. The average Bonchev–Trinajstić information content (AvgIpc) is 2.28. The van der Waals surface area contributed by atoms with Crippen molar-refractivity contribution >= 4 is 17.7 Å². The fraction of sp³-hybridized carbons (Fsp3) is 0.250. The van der Waals surface area contributed by atoms with E-state index < -0.39 is 29.1 Å². The molecule has 1 aromatic rings. The summed E-state index contributed by atoms with van der Waals surface area (Å²) in [5.41, 5.74) is -0.666. The molecule has 0 aliphatic heterocycles. The molecule has 1 rings (SSSR count). The lowest BCUT2D eigenvalue weighted by atomic mass is 10.0. The highest BCUT2D eigenvalue weighted by molar-refractivity contribution is 6.40.